The summed E-state index contributed by atoms with van der Waals surface area (Å²) in [7, 11) is 0. The first kappa shape index (κ1) is 17.4. The van der Waals surface area contributed by atoms with E-state index < -0.39 is 0 Å². The molecule has 1 N–H and O–H groups in total. The molecular formula is C20H18N4O2S. The number of carbonyl (C=O) groups excluding carboxylic acids is 2. The summed E-state index contributed by atoms with van der Waals surface area (Å²) in [6.07, 6.45) is 0.398. The van der Waals surface area contributed by atoms with Gasteiger partial charge in [0.05, 0.1) is 0 Å². The van der Waals surface area contributed by atoms with Gasteiger partial charge in [-0.25, -0.2) is 0 Å². The molecule has 0 saturated carbocycles. The SMILES string of the molecule is Cc1cccc(C(=O)Nc2nnc(C3CC(=O)N(c4ccccc4)C3)s2)c1. The van der Waals surface area contributed by atoms with E-state index in [1.807, 2.05) is 55.5 Å². The maximum atomic E-state index is 12.4. The highest BCUT2D eigenvalue weighted by atomic mass is 32.1. The number of nitrogens with one attached hydrogen (secondary N) is 1. The van der Waals surface area contributed by atoms with E-state index >= 15 is 0 Å². The molecule has 0 aliphatic carbocycles. The molecule has 27 heavy (non-hydrogen) atoms. The van der Waals surface area contributed by atoms with E-state index in [-0.39, 0.29) is 17.7 Å². The first-order valence-electron chi connectivity index (χ1n) is 8.67. The van der Waals surface area contributed by atoms with Crippen molar-refractivity contribution in [3.8, 4) is 0 Å². The molecule has 0 bridgehead atoms. The zero-order valence-corrected chi connectivity index (χ0v) is 15.6. The summed E-state index contributed by atoms with van der Waals surface area (Å²) in [4.78, 5) is 26.5. The van der Waals surface area contributed by atoms with E-state index in [9.17, 15) is 9.59 Å². The number of para-hydroxylation sites is 1. The fourth-order valence-corrected chi connectivity index (χ4v) is 3.97. The highest BCUT2D eigenvalue weighted by Gasteiger charge is 2.33. The van der Waals surface area contributed by atoms with E-state index in [1.54, 1.807) is 11.0 Å². The van der Waals surface area contributed by atoms with E-state index in [4.69, 9.17) is 0 Å². The Morgan fingerprint density at radius 2 is 1.96 bits per heavy atom. The van der Waals surface area contributed by atoms with Gasteiger partial charge in [-0.15, -0.1) is 10.2 Å². The smallest absolute Gasteiger partial charge is 0.257 e. The van der Waals surface area contributed by atoms with Gasteiger partial charge < -0.3 is 4.90 Å². The Morgan fingerprint density at radius 3 is 2.74 bits per heavy atom. The van der Waals surface area contributed by atoms with Gasteiger partial charge in [-0.3, -0.25) is 14.9 Å². The molecule has 1 unspecified atom stereocenters. The summed E-state index contributed by atoms with van der Waals surface area (Å²) < 4.78 is 0. The standard InChI is InChI=1S/C20H18N4O2S/c1-13-6-5-7-14(10-13)18(26)21-20-23-22-19(27-20)15-11-17(25)24(12-15)16-8-3-2-4-9-16/h2-10,15H,11-12H2,1H3,(H,21,23,26). The summed E-state index contributed by atoms with van der Waals surface area (Å²) in [5.74, 6) is -0.151. The second-order valence-corrected chi connectivity index (χ2v) is 7.52. The average Bonchev–Trinajstić information content (AvgIpc) is 3.29. The van der Waals surface area contributed by atoms with Gasteiger partial charge >= 0.3 is 0 Å². The van der Waals surface area contributed by atoms with Gasteiger partial charge in [-0.05, 0) is 31.2 Å². The number of benzene rings is 2. The van der Waals surface area contributed by atoms with E-state index in [1.165, 1.54) is 11.3 Å². The van der Waals surface area contributed by atoms with E-state index in [2.05, 4.69) is 15.5 Å². The predicted octanol–water partition coefficient (Wildman–Crippen LogP) is 3.62. The third-order valence-corrected chi connectivity index (χ3v) is 5.48. The average molecular weight is 378 g/mol. The van der Waals surface area contributed by atoms with E-state index in [0.717, 1.165) is 16.3 Å². The number of anilines is 2. The van der Waals surface area contributed by atoms with Crippen molar-refractivity contribution in [3.05, 3.63) is 70.7 Å². The van der Waals surface area contributed by atoms with Gasteiger partial charge in [0.1, 0.15) is 5.01 Å². The highest BCUT2D eigenvalue weighted by Crippen LogP contribution is 2.34. The van der Waals surface area contributed by atoms with Crippen LogP contribution in [0.1, 0.15) is 33.3 Å². The lowest BCUT2D eigenvalue weighted by Gasteiger charge is -2.15. The highest BCUT2D eigenvalue weighted by molar-refractivity contribution is 7.15. The molecule has 0 radical (unpaired) electrons. The number of hydrogen-bond donors (Lipinski definition) is 1. The minimum absolute atomic E-state index is 0.0140. The number of amides is 2. The zero-order valence-electron chi connectivity index (χ0n) is 14.8. The molecule has 2 amide bonds. The largest absolute Gasteiger partial charge is 0.312 e. The van der Waals surface area contributed by atoms with Crippen LogP contribution in [-0.4, -0.2) is 28.6 Å². The van der Waals surface area contributed by atoms with Crippen LogP contribution in [0, 0.1) is 6.92 Å². The van der Waals surface area contributed by atoms with Crippen molar-refractivity contribution < 1.29 is 9.59 Å². The minimum atomic E-state index is -0.213. The Bertz CT molecular complexity index is 986. The maximum absolute atomic E-state index is 12.4. The summed E-state index contributed by atoms with van der Waals surface area (Å²) in [5, 5.41) is 12.3. The Morgan fingerprint density at radius 1 is 1.15 bits per heavy atom. The van der Waals surface area contributed by atoms with Crippen LogP contribution >= 0.6 is 11.3 Å². The molecule has 4 rings (SSSR count). The fraction of sp³-hybridized carbons (Fsp3) is 0.200. The first-order valence-corrected chi connectivity index (χ1v) is 9.48. The monoisotopic (exact) mass is 378 g/mol. The Hall–Kier alpha value is -3.06. The Balaban J connectivity index is 1.45. The fourth-order valence-electron chi connectivity index (χ4n) is 3.14. The quantitative estimate of drug-likeness (QED) is 0.752. The molecule has 1 fully saturated rings. The lowest BCUT2D eigenvalue weighted by molar-refractivity contribution is -0.117. The molecule has 6 nitrogen and oxygen atoms in total. The molecule has 1 aromatic heterocycles. The molecule has 1 aliphatic heterocycles. The van der Waals surface area contributed by atoms with Gasteiger partial charge in [0.15, 0.2) is 0 Å². The molecule has 7 heteroatoms. The number of rotatable bonds is 4. The maximum Gasteiger partial charge on any atom is 0.257 e. The van der Waals surface area contributed by atoms with Gasteiger partial charge in [0, 0.05) is 30.1 Å². The van der Waals surface area contributed by atoms with Crippen LogP contribution in [-0.2, 0) is 4.79 Å². The van der Waals surface area contributed by atoms with Crippen molar-refractivity contribution in [2.24, 2.45) is 0 Å². The van der Waals surface area contributed by atoms with Crippen LogP contribution in [0.25, 0.3) is 0 Å². The Labute approximate surface area is 160 Å². The number of hydrogen-bond acceptors (Lipinski definition) is 5. The molecule has 3 aromatic rings. The minimum Gasteiger partial charge on any atom is -0.312 e. The number of aromatic nitrogens is 2. The van der Waals surface area contributed by atoms with Crippen LogP contribution in [0.3, 0.4) is 0 Å². The van der Waals surface area contributed by atoms with Crippen molar-refractivity contribution in [2.45, 2.75) is 19.3 Å². The van der Waals surface area contributed by atoms with Crippen LogP contribution < -0.4 is 10.2 Å². The molecule has 136 valence electrons. The summed E-state index contributed by atoms with van der Waals surface area (Å²) >= 11 is 1.32. The second-order valence-electron chi connectivity index (χ2n) is 6.51. The molecular weight excluding hydrogens is 360 g/mol. The number of carbonyl (C=O) groups is 2. The first-order chi connectivity index (χ1) is 13.1. The van der Waals surface area contributed by atoms with Gasteiger partial charge in [0.2, 0.25) is 11.0 Å². The molecule has 0 spiro atoms. The van der Waals surface area contributed by atoms with Gasteiger partial charge in [-0.2, -0.15) is 0 Å². The summed E-state index contributed by atoms with van der Waals surface area (Å²) in [5.41, 5.74) is 2.49. The van der Waals surface area contributed by atoms with Crippen LogP contribution in [0.15, 0.2) is 54.6 Å². The number of nitrogens with zero attached hydrogens (tertiary/aromatic N) is 3. The van der Waals surface area contributed by atoms with Crippen molar-refractivity contribution in [1.82, 2.24) is 10.2 Å². The summed E-state index contributed by atoms with van der Waals surface area (Å²) in [6.45, 7) is 2.51. The Kier molecular flexibility index (Phi) is 4.68. The van der Waals surface area contributed by atoms with Gasteiger partial charge in [0.25, 0.3) is 5.91 Å². The van der Waals surface area contributed by atoms with Crippen molar-refractivity contribution in [2.75, 3.05) is 16.8 Å². The van der Waals surface area contributed by atoms with Crippen LogP contribution in [0.4, 0.5) is 10.8 Å². The van der Waals surface area contributed by atoms with E-state index in [0.29, 0.717) is 23.7 Å². The van der Waals surface area contributed by atoms with Crippen molar-refractivity contribution in [1.29, 1.82) is 0 Å². The molecule has 1 aliphatic rings. The molecule has 1 atom stereocenters. The molecule has 2 heterocycles. The van der Waals surface area contributed by atoms with Crippen LogP contribution in [0.2, 0.25) is 0 Å². The normalized spacial score (nSPS) is 16.6. The van der Waals surface area contributed by atoms with Crippen molar-refractivity contribution >= 4 is 34.0 Å². The van der Waals surface area contributed by atoms with Gasteiger partial charge in [-0.1, -0.05) is 47.2 Å². The van der Waals surface area contributed by atoms with Crippen molar-refractivity contribution in [3.63, 3.8) is 0 Å². The summed E-state index contributed by atoms with van der Waals surface area (Å²) in [6, 6.07) is 17.0. The molecule has 1 saturated heterocycles. The third-order valence-electron chi connectivity index (χ3n) is 4.48. The zero-order chi connectivity index (χ0) is 18.8. The third kappa shape index (κ3) is 3.73. The predicted molar refractivity (Wildman–Crippen MR) is 105 cm³/mol. The lowest BCUT2D eigenvalue weighted by Crippen LogP contribution is -2.24. The van der Waals surface area contributed by atoms with Crippen LogP contribution in [0.5, 0.6) is 0 Å². The molecule has 2 aromatic carbocycles. The second kappa shape index (κ2) is 7.28. The lowest BCUT2D eigenvalue weighted by atomic mass is 10.1. The topological polar surface area (TPSA) is 75.2 Å². The number of aryl methyl sites for hydroxylation is 1.